The average Bonchev–Trinajstić information content (AvgIpc) is 2.26. The molecule has 0 aliphatic carbocycles. The second-order valence-electron chi connectivity index (χ2n) is 3.45. The van der Waals surface area contributed by atoms with Crippen LogP contribution in [-0.2, 0) is 14.3 Å². The number of amides is 1. The topological polar surface area (TPSA) is 58.6 Å². The maximum Gasteiger partial charge on any atom is 0.305 e. The van der Waals surface area contributed by atoms with Gasteiger partial charge in [-0.3, -0.25) is 14.5 Å². The number of carbonyl (C=O) groups is 2. The summed E-state index contributed by atoms with van der Waals surface area (Å²) in [6, 6.07) is -0.173. The van der Waals surface area contributed by atoms with E-state index in [0.717, 1.165) is 0 Å². The largest absolute Gasteiger partial charge is 0.469 e. The molecule has 88 valence electrons. The van der Waals surface area contributed by atoms with E-state index in [0.29, 0.717) is 19.4 Å². The van der Waals surface area contributed by atoms with Crippen molar-refractivity contribution in [1.29, 1.82) is 0 Å². The van der Waals surface area contributed by atoms with Crippen molar-refractivity contribution in [3.8, 4) is 0 Å². The molecule has 0 heterocycles. The van der Waals surface area contributed by atoms with Crippen molar-refractivity contribution in [2.24, 2.45) is 0 Å². The van der Waals surface area contributed by atoms with Gasteiger partial charge in [0.2, 0.25) is 5.91 Å². The van der Waals surface area contributed by atoms with Crippen molar-refractivity contribution in [3.63, 3.8) is 0 Å². The molecule has 0 aromatic carbocycles. The summed E-state index contributed by atoms with van der Waals surface area (Å²) in [6.45, 7) is 2.53. The molecule has 0 fully saturated rings. The number of carbonyl (C=O) groups excluding carboxylic acids is 2. The Morgan fingerprint density at radius 3 is 2.53 bits per heavy atom. The number of rotatable bonds is 6. The number of esters is 1. The van der Waals surface area contributed by atoms with Gasteiger partial charge in [0.05, 0.1) is 13.2 Å². The Kier molecular flexibility index (Phi) is 6.70. The zero-order valence-corrected chi connectivity index (χ0v) is 9.87. The third kappa shape index (κ3) is 5.37. The molecule has 1 amide bonds. The van der Waals surface area contributed by atoms with E-state index in [2.05, 4.69) is 10.1 Å². The number of nitrogens with zero attached hydrogens (tertiary/aromatic N) is 1. The molecule has 0 rings (SSSR count). The van der Waals surface area contributed by atoms with Gasteiger partial charge in [0.15, 0.2) is 0 Å². The van der Waals surface area contributed by atoms with Gasteiger partial charge < -0.3 is 10.1 Å². The monoisotopic (exact) mass is 216 g/mol. The second kappa shape index (κ2) is 7.23. The normalized spacial score (nSPS) is 12.3. The molecule has 1 N–H and O–H groups in total. The Labute approximate surface area is 90.8 Å². The molecule has 5 nitrogen and oxygen atoms in total. The van der Waals surface area contributed by atoms with E-state index in [1.165, 1.54) is 7.11 Å². The molecule has 0 saturated heterocycles. The lowest BCUT2D eigenvalue weighted by atomic mass is 10.2. The van der Waals surface area contributed by atoms with Crippen molar-refractivity contribution in [1.82, 2.24) is 10.2 Å². The van der Waals surface area contributed by atoms with Crippen LogP contribution in [0.4, 0.5) is 0 Å². The van der Waals surface area contributed by atoms with Gasteiger partial charge >= 0.3 is 5.97 Å². The van der Waals surface area contributed by atoms with E-state index in [4.69, 9.17) is 0 Å². The highest BCUT2D eigenvalue weighted by atomic mass is 16.5. The van der Waals surface area contributed by atoms with Gasteiger partial charge in [-0.1, -0.05) is 0 Å². The van der Waals surface area contributed by atoms with E-state index in [9.17, 15) is 9.59 Å². The van der Waals surface area contributed by atoms with Crippen molar-refractivity contribution >= 4 is 11.9 Å². The molecule has 0 aliphatic heterocycles. The first kappa shape index (κ1) is 13.9. The van der Waals surface area contributed by atoms with Gasteiger partial charge in [-0.25, -0.2) is 0 Å². The lowest BCUT2D eigenvalue weighted by molar-refractivity contribution is -0.140. The Hall–Kier alpha value is -1.10. The SMILES string of the molecule is CNC(=O)C(C)N(C)CCCC(=O)OC. The summed E-state index contributed by atoms with van der Waals surface area (Å²) >= 11 is 0. The second-order valence-corrected chi connectivity index (χ2v) is 3.45. The van der Waals surface area contributed by atoms with E-state index in [1.54, 1.807) is 7.05 Å². The molecule has 1 atom stereocenters. The molecule has 0 spiro atoms. The highest BCUT2D eigenvalue weighted by Gasteiger charge is 2.16. The van der Waals surface area contributed by atoms with Crippen LogP contribution in [0.2, 0.25) is 0 Å². The number of ether oxygens (including phenoxy) is 1. The summed E-state index contributed by atoms with van der Waals surface area (Å²) in [5.41, 5.74) is 0. The standard InChI is InChI=1S/C10H20N2O3/c1-8(10(14)11-2)12(3)7-5-6-9(13)15-4/h8H,5-7H2,1-4H3,(H,11,14). The molecular formula is C10H20N2O3. The Bertz CT molecular complexity index is 219. The highest BCUT2D eigenvalue weighted by molar-refractivity contribution is 5.80. The van der Waals surface area contributed by atoms with E-state index in [1.807, 2.05) is 18.9 Å². The Morgan fingerprint density at radius 1 is 1.47 bits per heavy atom. The fraction of sp³-hybridized carbons (Fsp3) is 0.800. The molecule has 0 aromatic heterocycles. The van der Waals surface area contributed by atoms with Gasteiger partial charge in [-0.2, -0.15) is 0 Å². The van der Waals surface area contributed by atoms with Gasteiger partial charge in [0.25, 0.3) is 0 Å². The smallest absolute Gasteiger partial charge is 0.305 e. The van der Waals surface area contributed by atoms with Gasteiger partial charge in [-0.05, 0) is 26.9 Å². The van der Waals surface area contributed by atoms with Crippen molar-refractivity contribution in [3.05, 3.63) is 0 Å². The number of nitrogens with one attached hydrogen (secondary N) is 1. The summed E-state index contributed by atoms with van der Waals surface area (Å²) in [5.74, 6) is -0.230. The van der Waals surface area contributed by atoms with Gasteiger partial charge in [0, 0.05) is 13.5 Å². The lowest BCUT2D eigenvalue weighted by Gasteiger charge is -2.22. The first-order chi connectivity index (χ1) is 7.02. The quantitative estimate of drug-likeness (QED) is 0.635. The van der Waals surface area contributed by atoms with Crippen molar-refractivity contribution in [2.45, 2.75) is 25.8 Å². The van der Waals surface area contributed by atoms with Crippen LogP contribution in [0.1, 0.15) is 19.8 Å². The first-order valence-corrected chi connectivity index (χ1v) is 5.01. The predicted molar refractivity (Wildman–Crippen MR) is 57.4 cm³/mol. The molecule has 0 bridgehead atoms. The highest BCUT2D eigenvalue weighted by Crippen LogP contribution is 2.00. The summed E-state index contributed by atoms with van der Waals surface area (Å²) in [4.78, 5) is 24.0. The predicted octanol–water partition coefficient (Wildman–Crippen LogP) is 0.00590. The van der Waals surface area contributed by atoms with Crippen LogP contribution < -0.4 is 5.32 Å². The number of likely N-dealkylation sites (N-methyl/N-ethyl adjacent to an activating group) is 2. The summed E-state index contributed by atoms with van der Waals surface area (Å²) in [7, 11) is 4.84. The van der Waals surface area contributed by atoms with Crippen LogP contribution in [0, 0.1) is 0 Å². The summed E-state index contributed by atoms with van der Waals surface area (Å²) in [6.07, 6.45) is 1.09. The molecule has 0 radical (unpaired) electrons. The molecule has 15 heavy (non-hydrogen) atoms. The van der Waals surface area contributed by atoms with Crippen LogP contribution in [0.25, 0.3) is 0 Å². The van der Waals surface area contributed by atoms with Crippen LogP contribution in [0.15, 0.2) is 0 Å². The summed E-state index contributed by atoms with van der Waals surface area (Å²) < 4.78 is 4.52. The zero-order chi connectivity index (χ0) is 11.8. The van der Waals surface area contributed by atoms with Crippen LogP contribution in [-0.4, -0.2) is 50.6 Å². The molecular weight excluding hydrogens is 196 g/mol. The lowest BCUT2D eigenvalue weighted by Crippen LogP contribution is -2.42. The Morgan fingerprint density at radius 2 is 2.07 bits per heavy atom. The summed E-state index contributed by atoms with van der Waals surface area (Å²) in [5, 5.41) is 2.58. The minimum Gasteiger partial charge on any atom is -0.469 e. The van der Waals surface area contributed by atoms with Crippen LogP contribution >= 0.6 is 0 Å². The fourth-order valence-electron chi connectivity index (χ4n) is 1.18. The molecule has 0 aliphatic rings. The maximum absolute atomic E-state index is 11.3. The zero-order valence-electron chi connectivity index (χ0n) is 9.87. The van der Waals surface area contributed by atoms with E-state index in [-0.39, 0.29) is 17.9 Å². The number of hydrogen-bond acceptors (Lipinski definition) is 4. The molecule has 0 saturated carbocycles. The van der Waals surface area contributed by atoms with Crippen LogP contribution in [0.5, 0.6) is 0 Å². The van der Waals surface area contributed by atoms with Gasteiger partial charge in [-0.15, -0.1) is 0 Å². The maximum atomic E-state index is 11.3. The fourth-order valence-corrected chi connectivity index (χ4v) is 1.18. The molecule has 1 unspecified atom stereocenters. The van der Waals surface area contributed by atoms with E-state index < -0.39 is 0 Å². The van der Waals surface area contributed by atoms with Crippen LogP contribution in [0.3, 0.4) is 0 Å². The molecule has 0 aromatic rings. The minimum absolute atomic E-state index is 0.0180. The first-order valence-electron chi connectivity index (χ1n) is 5.01. The van der Waals surface area contributed by atoms with E-state index >= 15 is 0 Å². The third-order valence-electron chi connectivity index (χ3n) is 2.41. The average molecular weight is 216 g/mol. The van der Waals surface area contributed by atoms with Crippen molar-refractivity contribution in [2.75, 3.05) is 27.7 Å². The Balaban J connectivity index is 3.78. The third-order valence-corrected chi connectivity index (χ3v) is 2.41. The van der Waals surface area contributed by atoms with Gasteiger partial charge in [0.1, 0.15) is 0 Å². The minimum atomic E-state index is -0.212. The molecule has 5 heteroatoms. The van der Waals surface area contributed by atoms with Crippen molar-refractivity contribution < 1.29 is 14.3 Å². The number of methoxy groups -OCH3 is 1. The number of hydrogen-bond donors (Lipinski definition) is 1.